The molecule has 0 bridgehead atoms. The van der Waals surface area contributed by atoms with Gasteiger partial charge in [0.05, 0.1) is 16.9 Å². The third-order valence-corrected chi connectivity index (χ3v) is 4.42. The van der Waals surface area contributed by atoms with Crippen molar-refractivity contribution in [1.29, 1.82) is 0 Å². The van der Waals surface area contributed by atoms with E-state index in [0.717, 1.165) is 16.1 Å². The van der Waals surface area contributed by atoms with E-state index < -0.39 is 4.92 Å². The number of aryl methyl sites for hydroxylation is 1. The highest BCUT2D eigenvalue weighted by molar-refractivity contribution is 7.15. The summed E-state index contributed by atoms with van der Waals surface area (Å²) in [7, 11) is 0. The quantitative estimate of drug-likeness (QED) is 0.561. The molecule has 0 spiro atoms. The van der Waals surface area contributed by atoms with E-state index in [2.05, 4.69) is 10.3 Å². The average molecular weight is 343 g/mol. The first-order valence-electron chi connectivity index (χ1n) is 7.07. The SMILES string of the molecule is Cc1nc(NC(=O)c2ccco2)sc1Cc1cccc([N+](=O)[O-])c1. The van der Waals surface area contributed by atoms with Crippen LogP contribution < -0.4 is 5.32 Å². The van der Waals surface area contributed by atoms with Crippen LogP contribution in [0.3, 0.4) is 0 Å². The number of nitro groups is 1. The molecule has 8 heteroatoms. The fraction of sp³-hybridized carbons (Fsp3) is 0.125. The van der Waals surface area contributed by atoms with Gasteiger partial charge < -0.3 is 4.42 Å². The number of aromatic nitrogens is 1. The molecular formula is C16H13N3O4S. The Morgan fingerprint density at radius 3 is 2.92 bits per heavy atom. The van der Waals surface area contributed by atoms with Gasteiger partial charge in [-0.1, -0.05) is 12.1 Å². The molecule has 0 aliphatic carbocycles. The first-order valence-corrected chi connectivity index (χ1v) is 7.89. The Hall–Kier alpha value is -3.00. The van der Waals surface area contributed by atoms with E-state index in [-0.39, 0.29) is 17.4 Å². The summed E-state index contributed by atoms with van der Waals surface area (Å²) in [5.74, 6) is -0.154. The zero-order chi connectivity index (χ0) is 17.1. The second-order valence-corrected chi connectivity index (χ2v) is 6.15. The molecule has 7 nitrogen and oxygen atoms in total. The van der Waals surface area contributed by atoms with E-state index in [1.54, 1.807) is 24.3 Å². The Bertz CT molecular complexity index is 887. The molecule has 1 N–H and O–H groups in total. The highest BCUT2D eigenvalue weighted by Gasteiger charge is 2.14. The second-order valence-electron chi connectivity index (χ2n) is 5.06. The Morgan fingerprint density at radius 2 is 2.21 bits per heavy atom. The number of nitrogens with one attached hydrogen (secondary N) is 1. The Morgan fingerprint density at radius 1 is 1.38 bits per heavy atom. The Balaban J connectivity index is 1.76. The van der Waals surface area contributed by atoms with Crippen LogP contribution in [0.1, 0.15) is 26.7 Å². The number of hydrogen-bond donors (Lipinski definition) is 1. The Kier molecular flexibility index (Phi) is 4.39. The van der Waals surface area contributed by atoms with Gasteiger partial charge in [0.15, 0.2) is 10.9 Å². The standard InChI is InChI=1S/C16H13N3O4S/c1-10-14(9-11-4-2-5-12(8-11)19(21)22)24-16(17-10)18-15(20)13-6-3-7-23-13/h2-8H,9H2,1H3,(H,17,18,20). The number of anilines is 1. The van der Waals surface area contributed by atoms with Gasteiger partial charge in [-0.3, -0.25) is 20.2 Å². The number of carbonyl (C=O) groups excluding carboxylic acids is 1. The normalized spacial score (nSPS) is 10.5. The lowest BCUT2D eigenvalue weighted by Crippen LogP contribution is -2.10. The topological polar surface area (TPSA) is 98.3 Å². The highest BCUT2D eigenvalue weighted by Crippen LogP contribution is 2.26. The Labute approximate surface area is 141 Å². The summed E-state index contributed by atoms with van der Waals surface area (Å²) in [6, 6.07) is 9.69. The predicted molar refractivity (Wildman–Crippen MR) is 89.4 cm³/mol. The second kappa shape index (κ2) is 6.63. The number of furan rings is 1. The van der Waals surface area contributed by atoms with Crippen LogP contribution in [-0.4, -0.2) is 15.8 Å². The molecule has 1 amide bonds. The number of nitro benzene ring substituents is 1. The van der Waals surface area contributed by atoms with Crippen LogP contribution in [-0.2, 0) is 6.42 Å². The fourth-order valence-corrected chi connectivity index (χ4v) is 3.17. The maximum atomic E-state index is 12.0. The zero-order valence-corrected chi connectivity index (χ0v) is 13.5. The van der Waals surface area contributed by atoms with E-state index in [4.69, 9.17) is 4.42 Å². The number of benzene rings is 1. The first kappa shape index (κ1) is 15.9. The molecule has 2 aromatic heterocycles. The molecule has 3 rings (SSSR count). The van der Waals surface area contributed by atoms with E-state index in [0.29, 0.717) is 11.6 Å². The summed E-state index contributed by atoms with van der Waals surface area (Å²) in [6.45, 7) is 1.84. The lowest BCUT2D eigenvalue weighted by atomic mass is 10.1. The largest absolute Gasteiger partial charge is 0.459 e. The van der Waals surface area contributed by atoms with Crippen molar-refractivity contribution in [3.05, 3.63) is 74.7 Å². The third kappa shape index (κ3) is 3.49. The number of amides is 1. The van der Waals surface area contributed by atoms with E-state index >= 15 is 0 Å². The van der Waals surface area contributed by atoms with Gasteiger partial charge >= 0.3 is 0 Å². The molecule has 3 aromatic rings. The van der Waals surface area contributed by atoms with Crippen LogP contribution in [0.2, 0.25) is 0 Å². The lowest BCUT2D eigenvalue weighted by Gasteiger charge is -2.00. The first-order chi connectivity index (χ1) is 11.5. The van der Waals surface area contributed by atoms with Crippen molar-refractivity contribution in [2.45, 2.75) is 13.3 Å². The van der Waals surface area contributed by atoms with Gasteiger partial charge in [0.1, 0.15) is 0 Å². The molecule has 0 radical (unpaired) electrons. The third-order valence-electron chi connectivity index (χ3n) is 3.34. The van der Waals surface area contributed by atoms with Crippen LogP contribution in [0.5, 0.6) is 0 Å². The fourth-order valence-electron chi connectivity index (χ4n) is 2.18. The molecule has 0 atom stereocenters. The minimum Gasteiger partial charge on any atom is -0.459 e. The van der Waals surface area contributed by atoms with Gasteiger partial charge in [-0.05, 0) is 24.6 Å². The number of non-ortho nitro benzene ring substituents is 1. The molecule has 0 aliphatic heterocycles. The monoisotopic (exact) mass is 343 g/mol. The zero-order valence-electron chi connectivity index (χ0n) is 12.7. The predicted octanol–water partition coefficient (Wildman–Crippen LogP) is 3.80. The molecule has 0 saturated carbocycles. The molecule has 0 aliphatic rings. The van der Waals surface area contributed by atoms with Crippen molar-refractivity contribution in [3.63, 3.8) is 0 Å². The maximum absolute atomic E-state index is 12.0. The van der Waals surface area contributed by atoms with Crippen LogP contribution in [0.25, 0.3) is 0 Å². The van der Waals surface area contributed by atoms with Crippen molar-refractivity contribution >= 4 is 28.1 Å². The number of hydrogen-bond acceptors (Lipinski definition) is 6. The maximum Gasteiger partial charge on any atom is 0.293 e. The van der Waals surface area contributed by atoms with Crippen molar-refractivity contribution < 1.29 is 14.1 Å². The van der Waals surface area contributed by atoms with Gasteiger partial charge in [0.25, 0.3) is 11.6 Å². The van der Waals surface area contributed by atoms with Gasteiger partial charge in [-0.25, -0.2) is 4.98 Å². The summed E-state index contributed by atoms with van der Waals surface area (Å²) in [5, 5.41) is 14.0. The van der Waals surface area contributed by atoms with Gasteiger partial charge in [-0.15, -0.1) is 11.3 Å². The van der Waals surface area contributed by atoms with Crippen molar-refractivity contribution in [3.8, 4) is 0 Å². The van der Waals surface area contributed by atoms with Crippen molar-refractivity contribution in [2.75, 3.05) is 5.32 Å². The summed E-state index contributed by atoms with van der Waals surface area (Å²) in [5.41, 5.74) is 1.65. The summed E-state index contributed by atoms with van der Waals surface area (Å²) >= 11 is 1.34. The number of carbonyl (C=O) groups is 1. The van der Waals surface area contributed by atoms with E-state index in [1.807, 2.05) is 13.0 Å². The highest BCUT2D eigenvalue weighted by atomic mass is 32.1. The van der Waals surface area contributed by atoms with Gasteiger partial charge in [0.2, 0.25) is 0 Å². The summed E-state index contributed by atoms with van der Waals surface area (Å²) in [6.07, 6.45) is 1.94. The molecule has 0 unspecified atom stereocenters. The van der Waals surface area contributed by atoms with Gasteiger partial charge in [0, 0.05) is 23.4 Å². The summed E-state index contributed by atoms with van der Waals surface area (Å²) in [4.78, 5) is 27.7. The van der Waals surface area contributed by atoms with Gasteiger partial charge in [-0.2, -0.15) is 0 Å². The van der Waals surface area contributed by atoms with E-state index in [1.165, 1.54) is 23.7 Å². The molecule has 24 heavy (non-hydrogen) atoms. The lowest BCUT2D eigenvalue weighted by molar-refractivity contribution is -0.384. The van der Waals surface area contributed by atoms with E-state index in [9.17, 15) is 14.9 Å². The van der Waals surface area contributed by atoms with Crippen LogP contribution in [0, 0.1) is 17.0 Å². The van der Waals surface area contributed by atoms with Crippen LogP contribution in [0.4, 0.5) is 10.8 Å². The minimum absolute atomic E-state index is 0.0565. The minimum atomic E-state index is -0.419. The van der Waals surface area contributed by atoms with Crippen LogP contribution >= 0.6 is 11.3 Å². The number of thiazole rings is 1. The molecular weight excluding hydrogens is 330 g/mol. The molecule has 0 saturated heterocycles. The molecule has 2 heterocycles. The molecule has 122 valence electrons. The smallest absolute Gasteiger partial charge is 0.293 e. The number of rotatable bonds is 5. The molecule has 1 aromatic carbocycles. The van der Waals surface area contributed by atoms with Crippen LogP contribution in [0.15, 0.2) is 47.1 Å². The molecule has 0 fully saturated rings. The summed E-state index contributed by atoms with van der Waals surface area (Å²) < 4.78 is 5.04. The average Bonchev–Trinajstić information content (AvgIpc) is 3.18. The van der Waals surface area contributed by atoms with Crippen molar-refractivity contribution in [1.82, 2.24) is 4.98 Å². The van der Waals surface area contributed by atoms with Crippen molar-refractivity contribution in [2.24, 2.45) is 0 Å². The number of nitrogens with zero attached hydrogens (tertiary/aromatic N) is 2.